The Morgan fingerprint density at radius 2 is 1.62 bits per heavy atom. The van der Waals surface area contributed by atoms with Crippen molar-refractivity contribution in [3.05, 3.63) is 41.1 Å². The lowest BCUT2D eigenvalue weighted by Crippen LogP contribution is -2.50. The quantitative estimate of drug-likeness (QED) is 0.595. The Morgan fingerprint density at radius 3 is 2.22 bits per heavy atom. The Morgan fingerprint density at radius 1 is 1.00 bits per heavy atom. The van der Waals surface area contributed by atoms with E-state index >= 15 is 0 Å². The van der Waals surface area contributed by atoms with Crippen LogP contribution in [0.15, 0.2) is 45.7 Å². The van der Waals surface area contributed by atoms with Gasteiger partial charge in [0.2, 0.25) is 5.91 Å². The fourth-order valence-electron chi connectivity index (χ4n) is 5.90. The van der Waals surface area contributed by atoms with Gasteiger partial charge in [0.25, 0.3) is 0 Å². The number of benzene rings is 1. The van der Waals surface area contributed by atoms with Crippen molar-refractivity contribution in [3.8, 4) is 0 Å². The number of hydrogen-bond acceptors (Lipinski definition) is 7. The summed E-state index contributed by atoms with van der Waals surface area (Å²) in [6, 6.07) is 8.83. The van der Waals surface area contributed by atoms with E-state index in [0.29, 0.717) is 23.5 Å². The number of amidine groups is 1. The Balaban J connectivity index is 1.35. The van der Waals surface area contributed by atoms with Gasteiger partial charge in [0.05, 0.1) is 5.71 Å². The van der Waals surface area contributed by atoms with Crippen LogP contribution in [0.4, 0.5) is 5.69 Å². The minimum atomic E-state index is 0.0600. The topological polar surface area (TPSA) is 87.4 Å². The van der Waals surface area contributed by atoms with Gasteiger partial charge in [-0.25, -0.2) is 0 Å². The third kappa shape index (κ3) is 6.12. The largest absolute Gasteiger partial charge is 0.359 e. The van der Waals surface area contributed by atoms with Gasteiger partial charge in [-0.2, -0.15) is 5.10 Å². The smallest absolute Gasteiger partial charge is 0.225 e. The number of aryl methyl sites for hydroxylation is 1. The molecule has 0 saturated carbocycles. The maximum Gasteiger partial charge on any atom is 0.225 e. The average molecular weight is 506 g/mol. The minimum Gasteiger partial charge on any atom is -0.359 e. The molecule has 1 aromatic carbocycles. The number of carbonyl (C=O) groups excluding carboxylic acids is 1. The molecule has 4 rings (SSSR count). The summed E-state index contributed by atoms with van der Waals surface area (Å²) in [4.78, 5) is 20.0. The highest BCUT2D eigenvalue weighted by Gasteiger charge is 2.34. The Hall–Kier alpha value is -3.00. The molecule has 2 N–H and O–H groups in total. The third-order valence-corrected chi connectivity index (χ3v) is 8.14. The number of rotatable bonds is 6. The first-order valence-electron chi connectivity index (χ1n) is 13.9. The van der Waals surface area contributed by atoms with E-state index in [1.54, 1.807) is 0 Å². The fraction of sp³-hybridized carbons (Fsp3) is 0.586. The first-order chi connectivity index (χ1) is 17.8. The number of carbonyl (C=O) groups is 1. The lowest BCUT2D eigenvalue weighted by atomic mass is 9.92. The molecule has 0 bridgehead atoms. The standard InChI is InChI=1S/C29H43N7O/c1-6-34(7-2)25-14-18-36(19-15-25)29(37)23-12-16-35(17-13-23)28-27(30)26(22(5)32-33-28)21(4)31-24-10-8-20(3)9-11-24/h8-11,23,25,30-31H,6-7,12-19H2,1-5H3/b26-21-,30-27?. The predicted molar refractivity (Wildman–Crippen MR) is 153 cm³/mol. The monoisotopic (exact) mass is 505 g/mol. The minimum absolute atomic E-state index is 0.0600. The van der Waals surface area contributed by atoms with E-state index in [0.717, 1.165) is 87.6 Å². The number of anilines is 1. The van der Waals surface area contributed by atoms with E-state index < -0.39 is 0 Å². The van der Waals surface area contributed by atoms with Gasteiger partial charge in [0.15, 0.2) is 5.84 Å². The van der Waals surface area contributed by atoms with Crippen LogP contribution in [-0.4, -0.2) is 83.2 Å². The molecule has 37 heavy (non-hydrogen) atoms. The Bertz CT molecular complexity index is 1070. The van der Waals surface area contributed by atoms with Crippen LogP contribution in [0.25, 0.3) is 0 Å². The molecule has 200 valence electrons. The summed E-state index contributed by atoms with van der Waals surface area (Å²) in [5.41, 5.74) is 5.01. The van der Waals surface area contributed by atoms with Crippen LogP contribution in [0.3, 0.4) is 0 Å². The van der Waals surface area contributed by atoms with Crippen molar-refractivity contribution in [1.82, 2.24) is 14.7 Å². The van der Waals surface area contributed by atoms with E-state index in [1.807, 2.05) is 26.0 Å². The molecular weight excluding hydrogens is 462 g/mol. The molecule has 0 unspecified atom stereocenters. The van der Waals surface area contributed by atoms with Crippen molar-refractivity contribution in [2.24, 2.45) is 16.1 Å². The summed E-state index contributed by atoms with van der Waals surface area (Å²) in [6.07, 6.45) is 3.73. The molecule has 2 fully saturated rings. The van der Waals surface area contributed by atoms with E-state index in [1.165, 1.54) is 5.56 Å². The highest BCUT2D eigenvalue weighted by molar-refractivity contribution is 6.53. The number of amides is 1. The fourth-order valence-corrected chi connectivity index (χ4v) is 5.90. The number of allylic oxidation sites excluding steroid dienone is 1. The van der Waals surface area contributed by atoms with Gasteiger partial charge in [0, 0.05) is 55.1 Å². The second-order valence-electron chi connectivity index (χ2n) is 10.5. The second-order valence-corrected chi connectivity index (χ2v) is 10.5. The molecule has 8 heteroatoms. The summed E-state index contributed by atoms with van der Waals surface area (Å²) < 4.78 is 0. The Labute approximate surface area is 222 Å². The van der Waals surface area contributed by atoms with Crippen molar-refractivity contribution in [2.75, 3.05) is 44.6 Å². The van der Waals surface area contributed by atoms with Crippen molar-refractivity contribution < 1.29 is 4.79 Å². The molecule has 0 radical (unpaired) electrons. The van der Waals surface area contributed by atoms with Gasteiger partial charge in [-0.05, 0) is 71.7 Å². The second kappa shape index (κ2) is 12.0. The van der Waals surface area contributed by atoms with Gasteiger partial charge >= 0.3 is 0 Å². The zero-order valence-corrected chi connectivity index (χ0v) is 23.2. The van der Waals surface area contributed by atoms with Crippen LogP contribution in [0, 0.1) is 18.3 Å². The summed E-state index contributed by atoms with van der Waals surface area (Å²) in [7, 11) is 0. The maximum absolute atomic E-state index is 13.3. The van der Waals surface area contributed by atoms with Crippen LogP contribution in [0.1, 0.15) is 58.9 Å². The van der Waals surface area contributed by atoms with E-state index in [-0.39, 0.29) is 5.92 Å². The lowest BCUT2D eigenvalue weighted by Gasteiger charge is -2.40. The van der Waals surface area contributed by atoms with E-state index in [2.05, 4.69) is 63.1 Å². The van der Waals surface area contributed by atoms with Crippen molar-refractivity contribution in [2.45, 2.75) is 66.3 Å². The first-order valence-corrected chi connectivity index (χ1v) is 13.9. The van der Waals surface area contributed by atoms with Gasteiger partial charge in [-0.3, -0.25) is 10.2 Å². The maximum atomic E-state index is 13.3. The molecule has 8 nitrogen and oxygen atoms in total. The summed E-state index contributed by atoms with van der Waals surface area (Å²) in [6.45, 7) is 15.7. The van der Waals surface area contributed by atoms with Gasteiger partial charge < -0.3 is 20.0 Å². The SMILES string of the molecule is CCN(CC)C1CCN(C(=O)C2CCN(C3=NN=C(C)/C(=C(\C)Nc4ccc(C)cc4)C3=N)CC2)CC1. The third-order valence-electron chi connectivity index (χ3n) is 8.14. The van der Waals surface area contributed by atoms with Crippen molar-refractivity contribution >= 4 is 28.9 Å². The molecule has 0 spiro atoms. The van der Waals surface area contributed by atoms with Crippen LogP contribution in [0.5, 0.6) is 0 Å². The average Bonchev–Trinajstić information content (AvgIpc) is 2.91. The molecule has 2 saturated heterocycles. The molecule has 3 heterocycles. The van der Waals surface area contributed by atoms with Crippen LogP contribution < -0.4 is 5.32 Å². The number of hydrogen-bond donors (Lipinski definition) is 2. The molecular formula is C29H43N7O. The van der Waals surface area contributed by atoms with Gasteiger partial charge in [-0.1, -0.05) is 31.5 Å². The summed E-state index contributed by atoms with van der Waals surface area (Å²) in [5.74, 6) is 0.979. The molecule has 0 aliphatic carbocycles. The molecule has 0 aromatic heterocycles. The first kappa shape index (κ1) is 27.0. The van der Waals surface area contributed by atoms with Crippen molar-refractivity contribution in [1.29, 1.82) is 5.41 Å². The normalized spacial score (nSPS) is 21.2. The zero-order chi connectivity index (χ0) is 26.5. The van der Waals surface area contributed by atoms with Crippen molar-refractivity contribution in [3.63, 3.8) is 0 Å². The number of nitrogens with one attached hydrogen (secondary N) is 2. The highest BCUT2D eigenvalue weighted by atomic mass is 16.2. The molecule has 0 atom stereocenters. The van der Waals surface area contributed by atoms with Crippen LogP contribution in [-0.2, 0) is 4.79 Å². The van der Waals surface area contributed by atoms with E-state index in [9.17, 15) is 4.79 Å². The Kier molecular flexibility index (Phi) is 8.79. The lowest BCUT2D eigenvalue weighted by molar-refractivity contribution is -0.138. The predicted octanol–water partition coefficient (Wildman–Crippen LogP) is 4.53. The molecule has 3 aliphatic rings. The number of likely N-dealkylation sites (tertiary alicyclic amines) is 2. The molecule has 1 amide bonds. The van der Waals surface area contributed by atoms with E-state index in [4.69, 9.17) is 5.41 Å². The van der Waals surface area contributed by atoms with Gasteiger partial charge in [0.1, 0.15) is 5.71 Å². The summed E-state index contributed by atoms with van der Waals surface area (Å²) >= 11 is 0. The van der Waals surface area contributed by atoms with Crippen LogP contribution >= 0.6 is 0 Å². The molecule has 1 aromatic rings. The van der Waals surface area contributed by atoms with Crippen LogP contribution in [0.2, 0.25) is 0 Å². The number of piperidine rings is 2. The highest BCUT2D eigenvalue weighted by Crippen LogP contribution is 2.26. The molecule has 3 aliphatic heterocycles. The zero-order valence-electron chi connectivity index (χ0n) is 23.2. The van der Waals surface area contributed by atoms with Gasteiger partial charge in [-0.15, -0.1) is 5.10 Å². The summed E-state index contributed by atoms with van der Waals surface area (Å²) in [5, 5.41) is 21.2. The number of nitrogens with zero attached hydrogens (tertiary/aromatic N) is 5.